The molecule has 2 N–H and O–H groups in total. The first kappa shape index (κ1) is 17.6. The number of nitrogens with zero attached hydrogens (tertiary/aromatic N) is 4. The number of aromatic nitrogens is 5. The minimum absolute atomic E-state index is 0.362. The van der Waals surface area contributed by atoms with Crippen molar-refractivity contribution < 1.29 is 0 Å². The molecule has 2 unspecified atom stereocenters. The van der Waals surface area contributed by atoms with Crippen molar-refractivity contribution in [3.63, 3.8) is 0 Å². The Kier molecular flexibility index (Phi) is 4.03. The predicted molar refractivity (Wildman–Crippen MR) is 117 cm³/mol. The Morgan fingerprint density at radius 3 is 2.79 bits per heavy atom. The number of H-pyrrole nitrogens is 1. The van der Waals surface area contributed by atoms with Gasteiger partial charge in [0.15, 0.2) is 11.5 Å². The van der Waals surface area contributed by atoms with Gasteiger partial charge in [0.05, 0.1) is 17.1 Å². The number of aromatic amines is 1. The summed E-state index contributed by atoms with van der Waals surface area (Å²) in [5.74, 6) is 3.83. The summed E-state index contributed by atoms with van der Waals surface area (Å²) in [5, 5.41) is 7.37. The number of nitrogens with one attached hydrogen (secondary N) is 2. The van der Waals surface area contributed by atoms with E-state index in [4.69, 9.17) is 21.6 Å². The number of anilines is 1. The smallest absolute Gasteiger partial charge is 0.166 e. The standard InChI is InChI=1S/C21H21ClN6S/c1-10-11-2-4-12(5-3-11)16(10)26-18-13-6-7-29-21(13)28-19(27-18)14-8-23-20-17(14)25-15(22)9-24-20/h6-12,16H,2-5H2,1H3,(H,23,24)(H,26,27,28). The third kappa shape index (κ3) is 2.82. The lowest BCUT2D eigenvalue weighted by Gasteiger charge is -2.47. The van der Waals surface area contributed by atoms with Crippen LogP contribution in [0.15, 0.2) is 23.8 Å². The van der Waals surface area contributed by atoms with Crippen molar-refractivity contribution in [2.24, 2.45) is 17.8 Å². The van der Waals surface area contributed by atoms with Gasteiger partial charge in [0.1, 0.15) is 21.3 Å². The van der Waals surface area contributed by atoms with E-state index < -0.39 is 0 Å². The Labute approximate surface area is 177 Å². The molecule has 7 rings (SSSR count). The zero-order chi connectivity index (χ0) is 19.5. The molecular weight excluding hydrogens is 404 g/mol. The zero-order valence-corrected chi connectivity index (χ0v) is 17.6. The fraction of sp³-hybridized carbons (Fsp3) is 0.429. The van der Waals surface area contributed by atoms with Crippen LogP contribution in [-0.4, -0.2) is 31.0 Å². The van der Waals surface area contributed by atoms with Gasteiger partial charge in [0.25, 0.3) is 0 Å². The third-order valence-electron chi connectivity index (χ3n) is 6.86. The molecule has 3 aliphatic rings. The molecule has 3 aliphatic carbocycles. The monoisotopic (exact) mass is 424 g/mol. The van der Waals surface area contributed by atoms with Crippen LogP contribution in [0.3, 0.4) is 0 Å². The number of fused-ring (bicyclic) bond motifs is 5. The molecule has 8 heteroatoms. The molecule has 6 nitrogen and oxygen atoms in total. The number of hydrogen-bond acceptors (Lipinski definition) is 6. The molecule has 0 spiro atoms. The molecule has 3 saturated carbocycles. The molecule has 0 aromatic carbocycles. The quantitative estimate of drug-likeness (QED) is 0.452. The van der Waals surface area contributed by atoms with Crippen molar-refractivity contribution in [3.05, 3.63) is 29.0 Å². The minimum atomic E-state index is 0.362. The summed E-state index contributed by atoms with van der Waals surface area (Å²) < 4.78 is 0. The maximum atomic E-state index is 6.09. The van der Waals surface area contributed by atoms with Crippen molar-refractivity contribution in [2.45, 2.75) is 38.6 Å². The van der Waals surface area contributed by atoms with E-state index in [0.29, 0.717) is 34.1 Å². The van der Waals surface area contributed by atoms with Gasteiger partial charge in [-0.15, -0.1) is 11.3 Å². The number of halogens is 1. The maximum absolute atomic E-state index is 6.09. The zero-order valence-electron chi connectivity index (χ0n) is 16.0. The molecular formula is C21H21ClN6S. The Balaban J connectivity index is 1.46. The number of rotatable bonds is 3. The van der Waals surface area contributed by atoms with Gasteiger partial charge < -0.3 is 10.3 Å². The van der Waals surface area contributed by atoms with Gasteiger partial charge in [0.2, 0.25) is 0 Å². The van der Waals surface area contributed by atoms with Crippen LogP contribution in [0.5, 0.6) is 0 Å². The van der Waals surface area contributed by atoms with E-state index in [1.54, 1.807) is 17.5 Å². The highest BCUT2D eigenvalue weighted by Gasteiger charge is 2.41. The van der Waals surface area contributed by atoms with Crippen LogP contribution in [0.2, 0.25) is 5.15 Å². The van der Waals surface area contributed by atoms with Crippen LogP contribution in [0.25, 0.3) is 32.8 Å². The second-order valence-electron chi connectivity index (χ2n) is 8.33. The van der Waals surface area contributed by atoms with E-state index in [-0.39, 0.29) is 0 Å². The highest BCUT2D eigenvalue weighted by atomic mass is 35.5. The summed E-state index contributed by atoms with van der Waals surface area (Å²) in [6, 6.07) is 2.59. The average Bonchev–Trinajstić information content (AvgIpc) is 3.37. The largest absolute Gasteiger partial charge is 0.366 e. The molecule has 4 aromatic rings. The molecule has 0 radical (unpaired) electrons. The van der Waals surface area contributed by atoms with E-state index >= 15 is 0 Å². The van der Waals surface area contributed by atoms with E-state index in [9.17, 15) is 0 Å². The van der Waals surface area contributed by atoms with Crippen LogP contribution in [-0.2, 0) is 0 Å². The van der Waals surface area contributed by atoms with Gasteiger partial charge in [-0.05, 0) is 54.9 Å². The second kappa shape index (κ2) is 6.64. The minimum Gasteiger partial charge on any atom is -0.366 e. The lowest BCUT2D eigenvalue weighted by Crippen LogP contribution is -2.47. The van der Waals surface area contributed by atoms with Gasteiger partial charge in [-0.1, -0.05) is 18.5 Å². The molecule has 148 valence electrons. The summed E-state index contributed by atoms with van der Waals surface area (Å²) in [5.41, 5.74) is 2.21. The van der Waals surface area contributed by atoms with Crippen LogP contribution in [0.1, 0.15) is 32.6 Å². The first-order chi connectivity index (χ1) is 14.2. The van der Waals surface area contributed by atoms with Gasteiger partial charge in [0, 0.05) is 12.2 Å². The molecule has 4 heterocycles. The highest BCUT2D eigenvalue weighted by molar-refractivity contribution is 7.16. The molecule has 2 atom stereocenters. The van der Waals surface area contributed by atoms with Crippen molar-refractivity contribution in [2.75, 3.05) is 5.32 Å². The van der Waals surface area contributed by atoms with E-state index in [2.05, 4.69) is 38.6 Å². The lowest BCUT2D eigenvalue weighted by molar-refractivity contribution is 0.0929. The molecule has 4 aromatic heterocycles. The topological polar surface area (TPSA) is 79.4 Å². The van der Waals surface area contributed by atoms with Crippen molar-refractivity contribution in [3.8, 4) is 11.4 Å². The summed E-state index contributed by atoms with van der Waals surface area (Å²) in [6.07, 6.45) is 8.82. The summed E-state index contributed by atoms with van der Waals surface area (Å²) >= 11 is 7.72. The lowest BCUT2D eigenvalue weighted by atomic mass is 9.62. The van der Waals surface area contributed by atoms with Gasteiger partial charge in [-0.25, -0.2) is 19.9 Å². The Morgan fingerprint density at radius 1 is 1.14 bits per heavy atom. The van der Waals surface area contributed by atoms with Gasteiger partial charge in [-0.3, -0.25) is 0 Å². The predicted octanol–water partition coefficient (Wildman–Crippen LogP) is 5.52. The molecule has 2 bridgehead atoms. The van der Waals surface area contributed by atoms with Crippen LogP contribution < -0.4 is 5.32 Å². The number of thiophene rings is 1. The molecule has 0 amide bonds. The van der Waals surface area contributed by atoms with Crippen molar-refractivity contribution >= 4 is 50.1 Å². The Morgan fingerprint density at radius 2 is 1.97 bits per heavy atom. The third-order valence-corrected chi connectivity index (χ3v) is 7.84. The fourth-order valence-electron chi connectivity index (χ4n) is 5.29. The van der Waals surface area contributed by atoms with Crippen LogP contribution in [0, 0.1) is 17.8 Å². The number of hydrogen-bond donors (Lipinski definition) is 2. The molecule has 3 fully saturated rings. The van der Waals surface area contributed by atoms with Crippen LogP contribution >= 0.6 is 22.9 Å². The van der Waals surface area contributed by atoms with Crippen molar-refractivity contribution in [1.29, 1.82) is 0 Å². The molecule has 0 aliphatic heterocycles. The normalized spacial score (nSPS) is 26.4. The van der Waals surface area contributed by atoms with E-state index in [1.165, 1.54) is 25.7 Å². The SMILES string of the molecule is CC1C2CCC(CC2)C1Nc1nc(-c2c[nH]c3ncc(Cl)nc23)nc2sccc12. The molecule has 29 heavy (non-hydrogen) atoms. The summed E-state index contributed by atoms with van der Waals surface area (Å²) in [6.45, 7) is 2.40. The molecule has 0 saturated heterocycles. The van der Waals surface area contributed by atoms with Gasteiger partial charge in [-0.2, -0.15) is 0 Å². The van der Waals surface area contributed by atoms with Crippen molar-refractivity contribution in [1.82, 2.24) is 24.9 Å². The highest BCUT2D eigenvalue weighted by Crippen LogP contribution is 2.46. The Hall–Kier alpha value is -2.25. The summed E-state index contributed by atoms with van der Waals surface area (Å²) in [4.78, 5) is 22.7. The maximum Gasteiger partial charge on any atom is 0.166 e. The second-order valence-corrected chi connectivity index (χ2v) is 9.61. The fourth-order valence-corrected chi connectivity index (χ4v) is 6.18. The summed E-state index contributed by atoms with van der Waals surface area (Å²) in [7, 11) is 0. The first-order valence-corrected chi connectivity index (χ1v) is 11.4. The Bertz CT molecular complexity index is 1210. The van der Waals surface area contributed by atoms with E-state index in [0.717, 1.165) is 33.4 Å². The van der Waals surface area contributed by atoms with E-state index in [1.807, 2.05) is 6.20 Å². The van der Waals surface area contributed by atoms with Gasteiger partial charge >= 0.3 is 0 Å². The van der Waals surface area contributed by atoms with Crippen LogP contribution in [0.4, 0.5) is 5.82 Å². The first-order valence-electron chi connectivity index (χ1n) is 10.2. The average molecular weight is 425 g/mol.